The molecule has 0 aliphatic heterocycles. The Hall–Kier alpha value is -1.32. The molecule has 1 aromatic rings. The molecule has 0 spiro atoms. The lowest BCUT2D eigenvalue weighted by Gasteiger charge is -2.38. The highest BCUT2D eigenvalue weighted by molar-refractivity contribution is 5.33. The van der Waals surface area contributed by atoms with E-state index < -0.39 is 0 Å². The molecule has 2 N–H and O–H groups in total. The fourth-order valence-electron chi connectivity index (χ4n) is 4.16. The summed E-state index contributed by atoms with van der Waals surface area (Å²) < 4.78 is 6.24. The largest absolute Gasteiger partial charge is 0.474 e. The van der Waals surface area contributed by atoms with E-state index in [1.165, 1.54) is 12.8 Å². The maximum absolute atomic E-state index is 6.24. The summed E-state index contributed by atoms with van der Waals surface area (Å²) in [6.07, 6.45) is 4.73. The van der Waals surface area contributed by atoms with Gasteiger partial charge >= 0.3 is 0 Å². The monoisotopic (exact) mass is 275 g/mol. The van der Waals surface area contributed by atoms with Gasteiger partial charge in [-0.2, -0.15) is 4.98 Å². The van der Waals surface area contributed by atoms with Gasteiger partial charge in [0.25, 0.3) is 0 Å². The molecular weight excluding hydrogens is 250 g/mol. The molecule has 20 heavy (non-hydrogen) atoms. The van der Waals surface area contributed by atoms with Crippen molar-refractivity contribution in [2.45, 2.75) is 59.5 Å². The van der Waals surface area contributed by atoms with Crippen LogP contribution in [0, 0.1) is 16.7 Å². The Morgan fingerprint density at radius 3 is 2.65 bits per heavy atom. The van der Waals surface area contributed by atoms with Crippen LogP contribution in [0.4, 0.5) is 5.82 Å². The maximum Gasteiger partial charge on any atom is 0.219 e. The Bertz CT molecular complexity index is 528. The highest BCUT2D eigenvalue weighted by Crippen LogP contribution is 2.66. The highest BCUT2D eigenvalue weighted by Gasteiger charge is 2.62. The minimum atomic E-state index is 0.240. The second kappa shape index (κ2) is 4.34. The molecular formula is C16H25N3O. The van der Waals surface area contributed by atoms with Gasteiger partial charge in [-0.25, -0.2) is 4.98 Å². The molecule has 0 radical (unpaired) electrons. The van der Waals surface area contributed by atoms with Crippen LogP contribution in [0.2, 0.25) is 0 Å². The van der Waals surface area contributed by atoms with Gasteiger partial charge in [-0.3, -0.25) is 0 Å². The van der Waals surface area contributed by atoms with Gasteiger partial charge in [-0.1, -0.05) is 27.7 Å². The third kappa shape index (κ3) is 1.80. The fourth-order valence-corrected chi connectivity index (χ4v) is 4.16. The summed E-state index contributed by atoms with van der Waals surface area (Å²) in [7, 11) is 0. The van der Waals surface area contributed by atoms with Crippen LogP contribution in [0.5, 0.6) is 5.88 Å². The Labute approximate surface area is 121 Å². The van der Waals surface area contributed by atoms with Crippen LogP contribution < -0.4 is 10.5 Å². The summed E-state index contributed by atoms with van der Waals surface area (Å²) in [5.74, 6) is 2.67. The fraction of sp³-hybridized carbons (Fsp3) is 0.750. The topological polar surface area (TPSA) is 61.0 Å². The number of ether oxygens (including phenoxy) is 1. The summed E-state index contributed by atoms with van der Waals surface area (Å²) >= 11 is 0. The maximum atomic E-state index is 6.24. The van der Waals surface area contributed by atoms with Crippen molar-refractivity contribution in [1.29, 1.82) is 0 Å². The van der Waals surface area contributed by atoms with Crippen LogP contribution in [0.15, 0.2) is 6.07 Å². The number of hydrogen-bond acceptors (Lipinski definition) is 4. The van der Waals surface area contributed by atoms with Gasteiger partial charge in [0, 0.05) is 17.9 Å². The van der Waals surface area contributed by atoms with Gasteiger partial charge in [0.1, 0.15) is 17.7 Å². The number of nitrogens with zero attached hydrogens (tertiary/aromatic N) is 2. The lowest BCUT2D eigenvalue weighted by Crippen LogP contribution is -2.39. The number of aryl methyl sites for hydroxylation is 1. The first kappa shape index (κ1) is 13.7. The summed E-state index contributed by atoms with van der Waals surface area (Å²) in [6.45, 7) is 9.18. The third-order valence-electron chi connectivity index (χ3n) is 6.06. The molecule has 2 bridgehead atoms. The summed E-state index contributed by atoms with van der Waals surface area (Å²) in [6, 6.07) is 1.75. The van der Waals surface area contributed by atoms with Gasteiger partial charge in [0.05, 0.1) is 0 Å². The van der Waals surface area contributed by atoms with E-state index in [2.05, 4.69) is 30.7 Å². The van der Waals surface area contributed by atoms with E-state index in [1.807, 2.05) is 6.92 Å². The van der Waals surface area contributed by atoms with E-state index in [-0.39, 0.29) is 11.5 Å². The van der Waals surface area contributed by atoms with Crippen molar-refractivity contribution in [3.8, 4) is 5.88 Å². The minimum absolute atomic E-state index is 0.240. The first-order valence-corrected chi connectivity index (χ1v) is 7.67. The number of hydrogen-bond donors (Lipinski definition) is 1. The second-order valence-electron chi connectivity index (χ2n) is 7.12. The van der Waals surface area contributed by atoms with Crippen molar-refractivity contribution in [1.82, 2.24) is 9.97 Å². The van der Waals surface area contributed by atoms with Crippen LogP contribution in [0.1, 0.15) is 52.8 Å². The molecule has 110 valence electrons. The summed E-state index contributed by atoms with van der Waals surface area (Å²) in [4.78, 5) is 8.67. The molecule has 0 aromatic carbocycles. The van der Waals surface area contributed by atoms with Crippen molar-refractivity contribution in [3.05, 3.63) is 11.9 Å². The van der Waals surface area contributed by atoms with Crippen molar-refractivity contribution >= 4 is 5.82 Å². The number of anilines is 1. The van der Waals surface area contributed by atoms with Gasteiger partial charge in [0.2, 0.25) is 5.88 Å². The van der Waals surface area contributed by atoms with E-state index in [0.29, 0.717) is 17.1 Å². The number of nitrogen functional groups attached to an aromatic ring is 1. The normalized spacial score (nSPS) is 34.4. The van der Waals surface area contributed by atoms with Gasteiger partial charge in [-0.15, -0.1) is 0 Å². The number of rotatable bonds is 3. The molecule has 4 nitrogen and oxygen atoms in total. The Morgan fingerprint density at radius 2 is 2.10 bits per heavy atom. The lowest BCUT2D eigenvalue weighted by atomic mass is 9.70. The zero-order chi connectivity index (χ0) is 14.5. The molecule has 1 heterocycles. The second-order valence-corrected chi connectivity index (χ2v) is 7.12. The molecule has 2 fully saturated rings. The van der Waals surface area contributed by atoms with Gasteiger partial charge < -0.3 is 10.5 Å². The molecule has 0 saturated heterocycles. The van der Waals surface area contributed by atoms with Crippen molar-refractivity contribution < 1.29 is 4.74 Å². The average molecular weight is 275 g/mol. The average Bonchev–Trinajstić information content (AvgIpc) is 2.71. The van der Waals surface area contributed by atoms with Gasteiger partial charge in [-0.05, 0) is 30.6 Å². The molecule has 0 amide bonds. The molecule has 4 heteroatoms. The standard InChI is InChI=1S/C16H25N3O/c1-5-13-18-12(17)9-14(19-13)20-11-8-10-6-7-16(11,4)15(10,2)3/h9-11H,5-8H2,1-4H3,(H2,17,18,19). The molecule has 2 aliphatic carbocycles. The zero-order valence-corrected chi connectivity index (χ0v) is 12.9. The van der Waals surface area contributed by atoms with E-state index >= 15 is 0 Å². The van der Waals surface area contributed by atoms with E-state index in [0.717, 1.165) is 24.6 Å². The molecule has 2 saturated carbocycles. The highest BCUT2D eigenvalue weighted by atomic mass is 16.5. The first-order valence-electron chi connectivity index (χ1n) is 7.67. The predicted molar refractivity (Wildman–Crippen MR) is 79.5 cm³/mol. The van der Waals surface area contributed by atoms with Crippen LogP contribution in [0.25, 0.3) is 0 Å². The minimum Gasteiger partial charge on any atom is -0.474 e. The summed E-state index contributed by atoms with van der Waals surface area (Å²) in [5, 5.41) is 0. The SMILES string of the molecule is CCc1nc(N)cc(OC2CC3CCC2(C)C3(C)C)n1. The molecule has 3 atom stereocenters. The van der Waals surface area contributed by atoms with Crippen molar-refractivity contribution in [2.24, 2.45) is 16.7 Å². The quantitative estimate of drug-likeness (QED) is 0.920. The van der Waals surface area contributed by atoms with Crippen LogP contribution >= 0.6 is 0 Å². The van der Waals surface area contributed by atoms with Crippen LogP contribution in [-0.2, 0) is 6.42 Å². The number of nitrogens with two attached hydrogens (primary N) is 1. The Kier molecular flexibility index (Phi) is 2.96. The van der Waals surface area contributed by atoms with Crippen LogP contribution in [-0.4, -0.2) is 16.1 Å². The number of fused-ring (bicyclic) bond motifs is 2. The Morgan fingerprint density at radius 1 is 1.35 bits per heavy atom. The van der Waals surface area contributed by atoms with E-state index in [4.69, 9.17) is 10.5 Å². The van der Waals surface area contributed by atoms with Crippen LogP contribution in [0.3, 0.4) is 0 Å². The van der Waals surface area contributed by atoms with Gasteiger partial charge in [0.15, 0.2) is 0 Å². The lowest BCUT2D eigenvalue weighted by molar-refractivity contribution is 0.0271. The Balaban J connectivity index is 1.85. The van der Waals surface area contributed by atoms with E-state index in [1.54, 1.807) is 6.07 Å². The number of aromatic nitrogens is 2. The molecule has 2 aliphatic rings. The molecule has 3 unspecified atom stereocenters. The molecule has 1 aromatic heterocycles. The zero-order valence-electron chi connectivity index (χ0n) is 12.9. The molecule has 3 rings (SSSR count). The van der Waals surface area contributed by atoms with Crippen molar-refractivity contribution in [2.75, 3.05) is 5.73 Å². The predicted octanol–water partition coefficient (Wildman–Crippen LogP) is 3.21. The van der Waals surface area contributed by atoms with E-state index in [9.17, 15) is 0 Å². The smallest absolute Gasteiger partial charge is 0.219 e. The van der Waals surface area contributed by atoms with Crippen molar-refractivity contribution in [3.63, 3.8) is 0 Å². The summed E-state index contributed by atoms with van der Waals surface area (Å²) in [5.41, 5.74) is 6.43. The third-order valence-corrected chi connectivity index (χ3v) is 6.06. The first-order chi connectivity index (χ1) is 9.36.